The molecule has 6 rings (SSSR count). The first-order valence-corrected chi connectivity index (χ1v) is 23.4. The molecule has 0 bridgehead atoms. The Labute approximate surface area is 348 Å². The Hall–Kier alpha value is -1.87. The summed E-state index contributed by atoms with van der Waals surface area (Å²) in [7, 11) is 0. The van der Waals surface area contributed by atoms with Gasteiger partial charge in [0.2, 0.25) is 0 Å². The molecule has 3 aliphatic heterocycles. The number of rotatable bonds is 17. The number of piperidine rings is 3. The molecule has 0 radical (unpaired) electrons. The van der Waals surface area contributed by atoms with Gasteiger partial charge in [-0.1, -0.05) is 129 Å². The van der Waals surface area contributed by atoms with Crippen LogP contribution in [0.1, 0.15) is 172 Å². The van der Waals surface area contributed by atoms with Gasteiger partial charge >= 0.3 is 0 Å². The Bertz CT molecular complexity index is 1210. The summed E-state index contributed by atoms with van der Waals surface area (Å²) in [4.78, 5) is 4.49. The smallest absolute Gasteiger partial charge is 0.115 e. The zero-order valence-corrected chi connectivity index (χ0v) is 36.7. The predicted octanol–water partition coefficient (Wildman–Crippen LogP) is 11.7. The van der Waals surface area contributed by atoms with Crippen LogP contribution in [0, 0.1) is 23.7 Å². The molecule has 3 saturated heterocycles. The van der Waals surface area contributed by atoms with Gasteiger partial charge in [-0.05, 0) is 112 Å². The topological polar surface area (TPSA) is 76.7 Å². The highest BCUT2D eigenvalue weighted by molar-refractivity contribution is 5.19. The van der Waals surface area contributed by atoms with Crippen molar-refractivity contribution in [2.75, 3.05) is 39.5 Å². The molecule has 7 nitrogen and oxygen atoms in total. The minimum atomic E-state index is 0. The summed E-state index contributed by atoms with van der Waals surface area (Å²) in [6, 6.07) is 18.2. The fourth-order valence-electron chi connectivity index (χ4n) is 8.59. The minimum Gasteiger partial charge on any atom is -0.376 e. The van der Waals surface area contributed by atoms with Crippen molar-refractivity contribution in [1.29, 1.82) is 0 Å². The monoisotopic (exact) mass is 783 g/mol. The third-order valence-corrected chi connectivity index (χ3v) is 12.5. The summed E-state index contributed by atoms with van der Waals surface area (Å²) in [5.41, 5.74) is 2.36. The second-order valence-corrected chi connectivity index (χ2v) is 18.0. The van der Waals surface area contributed by atoms with Crippen molar-refractivity contribution >= 4 is 0 Å². The van der Waals surface area contributed by atoms with Crippen molar-refractivity contribution in [1.82, 2.24) is 20.9 Å². The lowest BCUT2D eigenvalue weighted by atomic mass is 9.80. The van der Waals surface area contributed by atoms with E-state index in [0.29, 0.717) is 42.0 Å². The lowest BCUT2D eigenvalue weighted by molar-refractivity contribution is -0.0413. The van der Waals surface area contributed by atoms with Crippen molar-refractivity contribution in [2.24, 2.45) is 23.7 Å². The molecule has 4 heterocycles. The number of aromatic nitrogens is 1. The van der Waals surface area contributed by atoms with Crippen molar-refractivity contribution in [3.8, 4) is 0 Å². The molecular weight excluding hydrogens is 693 g/mol. The SMILES string of the molecule is CC(C)COC(c1ccccc1)C1CCCCN1.CCC(C)COC(C1CCCCC1)C1CCCCN1.CCC(C)COC(c1ccccn1)C1CCCCN1.[HH].[HH].[HH]. The third-order valence-electron chi connectivity index (χ3n) is 12.5. The quantitative estimate of drug-likeness (QED) is 0.147. The van der Waals surface area contributed by atoms with Crippen LogP contribution in [0.3, 0.4) is 0 Å². The van der Waals surface area contributed by atoms with E-state index in [1.807, 2.05) is 18.3 Å². The van der Waals surface area contributed by atoms with Gasteiger partial charge in [0.15, 0.2) is 0 Å². The first-order valence-electron chi connectivity index (χ1n) is 23.4. The number of pyridine rings is 1. The van der Waals surface area contributed by atoms with Gasteiger partial charge in [0.05, 0.1) is 24.5 Å². The van der Waals surface area contributed by atoms with Crippen LogP contribution >= 0.6 is 0 Å². The van der Waals surface area contributed by atoms with E-state index in [9.17, 15) is 0 Å². The highest BCUT2D eigenvalue weighted by atomic mass is 16.5. The molecule has 56 heavy (non-hydrogen) atoms. The normalized spacial score (nSPS) is 24.7. The Morgan fingerprint density at radius 2 is 1.09 bits per heavy atom. The molecule has 2 aromatic rings. The zero-order chi connectivity index (χ0) is 39.8. The molecule has 8 atom stereocenters. The van der Waals surface area contributed by atoms with Crippen LogP contribution in [-0.4, -0.2) is 68.7 Å². The molecule has 1 saturated carbocycles. The molecule has 8 unspecified atom stereocenters. The van der Waals surface area contributed by atoms with E-state index in [-0.39, 0.29) is 16.5 Å². The van der Waals surface area contributed by atoms with Crippen molar-refractivity contribution in [2.45, 2.75) is 181 Å². The average molecular weight is 783 g/mol. The Morgan fingerprint density at radius 3 is 1.61 bits per heavy atom. The lowest BCUT2D eigenvalue weighted by Crippen LogP contribution is -2.48. The van der Waals surface area contributed by atoms with Crippen LogP contribution in [0.25, 0.3) is 0 Å². The molecule has 3 N–H and O–H groups in total. The summed E-state index contributed by atoms with van der Waals surface area (Å²) in [5, 5.41) is 10.9. The summed E-state index contributed by atoms with van der Waals surface area (Å²) < 4.78 is 18.8. The van der Waals surface area contributed by atoms with Gasteiger partial charge in [0.1, 0.15) is 6.10 Å². The van der Waals surface area contributed by atoms with Crippen LogP contribution in [-0.2, 0) is 14.2 Å². The van der Waals surface area contributed by atoms with Gasteiger partial charge in [-0.2, -0.15) is 0 Å². The zero-order valence-electron chi connectivity index (χ0n) is 36.7. The Kier molecular flexibility index (Phi) is 23.2. The first kappa shape index (κ1) is 46.8. The number of nitrogens with zero attached hydrogens (tertiary/aromatic N) is 1. The van der Waals surface area contributed by atoms with E-state index in [0.717, 1.165) is 50.9 Å². The van der Waals surface area contributed by atoms with Gasteiger partial charge in [-0.15, -0.1) is 0 Å². The second-order valence-electron chi connectivity index (χ2n) is 18.0. The fourth-order valence-corrected chi connectivity index (χ4v) is 8.59. The second kappa shape index (κ2) is 27.8. The average Bonchev–Trinajstić information content (AvgIpc) is 3.26. The van der Waals surface area contributed by atoms with Crippen LogP contribution in [0.4, 0.5) is 0 Å². The number of ether oxygens (including phenoxy) is 3. The number of hydrogen-bond donors (Lipinski definition) is 3. The Balaban J connectivity index is 0.000000432. The van der Waals surface area contributed by atoms with Gasteiger partial charge in [0, 0.05) is 41.8 Å². The van der Waals surface area contributed by atoms with Gasteiger partial charge < -0.3 is 30.2 Å². The standard InChI is InChI=1S/C17H33NO.C16H26N2O.C16H25NO.3H2/c1-3-14(2)13-19-17(15-9-5-4-6-10-15)16-11-7-8-12-18-16;1-3-13(2)12-19-16(14-8-4-6-10-17-14)15-9-5-7-11-18-15;1-13(2)12-18-16(14-8-4-3-5-9-14)15-10-6-7-11-17-15;;;/h14-18H,3-13H2,1-2H3;4,6,8,10,13,15-16,18H,3,5,7,9,11-12H2,1-2H3;3-5,8-9,13,15-17H,6-7,10-12H2,1-2H3;3*1H. The molecule has 1 aromatic heterocycles. The van der Waals surface area contributed by atoms with E-state index in [4.69, 9.17) is 14.2 Å². The van der Waals surface area contributed by atoms with Crippen LogP contribution in [0.5, 0.6) is 0 Å². The maximum Gasteiger partial charge on any atom is 0.115 e. The summed E-state index contributed by atoms with van der Waals surface area (Å²) in [6.07, 6.45) is 23.7. The number of hydrogen-bond acceptors (Lipinski definition) is 7. The molecule has 0 spiro atoms. The molecule has 4 fully saturated rings. The van der Waals surface area contributed by atoms with Crippen molar-refractivity contribution in [3.63, 3.8) is 0 Å². The third kappa shape index (κ3) is 17.2. The molecule has 4 aliphatic rings. The van der Waals surface area contributed by atoms with Crippen LogP contribution in [0.15, 0.2) is 54.7 Å². The largest absolute Gasteiger partial charge is 0.376 e. The van der Waals surface area contributed by atoms with Gasteiger partial charge in [-0.3, -0.25) is 4.98 Å². The first-order chi connectivity index (χ1) is 27.4. The molecule has 7 heteroatoms. The van der Waals surface area contributed by atoms with Crippen LogP contribution in [0.2, 0.25) is 0 Å². The van der Waals surface area contributed by atoms with Gasteiger partial charge in [-0.25, -0.2) is 0 Å². The molecule has 1 aliphatic carbocycles. The number of nitrogens with one attached hydrogen (secondary N) is 3. The predicted molar refractivity (Wildman–Crippen MR) is 241 cm³/mol. The minimum absolute atomic E-state index is 0. The van der Waals surface area contributed by atoms with E-state index in [2.05, 4.69) is 98.9 Å². The molecule has 1 aromatic carbocycles. The van der Waals surface area contributed by atoms with Crippen molar-refractivity contribution < 1.29 is 18.5 Å². The Morgan fingerprint density at radius 1 is 0.571 bits per heavy atom. The van der Waals surface area contributed by atoms with Crippen molar-refractivity contribution in [3.05, 3.63) is 66.0 Å². The van der Waals surface area contributed by atoms with E-state index < -0.39 is 0 Å². The van der Waals surface area contributed by atoms with E-state index >= 15 is 0 Å². The van der Waals surface area contributed by atoms with Crippen LogP contribution < -0.4 is 16.0 Å². The summed E-state index contributed by atoms with van der Waals surface area (Å²) in [6.45, 7) is 19.5. The van der Waals surface area contributed by atoms with Gasteiger partial charge in [0.25, 0.3) is 0 Å². The molecule has 324 valence electrons. The van der Waals surface area contributed by atoms with E-state index in [1.165, 1.54) is 108 Å². The molecular formula is C49H90N4O3. The maximum atomic E-state index is 6.41. The highest BCUT2D eigenvalue weighted by Gasteiger charge is 2.32. The fraction of sp³-hybridized carbons (Fsp3) is 0.776. The molecule has 0 amide bonds. The summed E-state index contributed by atoms with van der Waals surface area (Å²) >= 11 is 0. The van der Waals surface area contributed by atoms with E-state index in [1.54, 1.807) is 0 Å². The lowest BCUT2D eigenvalue weighted by Gasteiger charge is -2.38. The highest BCUT2D eigenvalue weighted by Crippen LogP contribution is 2.32. The summed E-state index contributed by atoms with van der Waals surface area (Å²) in [5.74, 6) is 2.71. The maximum absolute atomic E-state index is 6.41. The number of benzene rings is 1.